The fraction of sp³-hybridized carbons (Fsp3) is 0.708. The van der Waals surface area contributed by atoms with E-state index in [4.69, 9.17) is 18.6 Å². The summed E-state index contributed by atoms with van der Waals surface area (Å²) < 4.78 is 22.0. The van der Waals surface area contributed by atoms with Gasteiger partial charge in [-0.15, -0.1) is 0 Å². The molecule has 4 rings (SSSR count). The average molecular weight is 433 g/mol. The average Bonchev–Trinajstić information content (AvgIpc) is 3.26. The molecule has 0 aromatic carbocycles. The quantitative estimate of drug-likeness (QED) is 0.652. The molecule has 3 aliphatic rings. The Morgan fingerprint density at radius 1 is 1.26 bits per heavy atom. The van der Waals surface area contributed by atoms with E-state index in [-0.39, 0.29) is 23.6 Å². The van der Waals surface area contributed by atoms with Gasteiger partial charge < -0.3 is 18.6 Å². The van der Waals surface area contributed by atoms with E-state index in [1.807, 2.05) is 20.8 Å². The molecule has 170 valence electrons. The zero-order chi connectivity index (χ0) is 22.4. The molecule has 1 aromatic heterocycles. The van der Waals surface area contributed by atoms with E-state index in [9.17, 15) is 14.4 Å². The number of Topliss-reactive ketones (excluding diaryl/α,β-unsaturated/α-hetero) is 1. The van der Waals surface area contributed by atoms with Gasteiger partial charge in [-0.05, 0) is 49.0 Å². The van der Waals surface area contributed by atoms with Crippen LogP contribution in [0.2, 0.25) is 0 Å². The number of carbonyl (C=O) groups is 3. The fourth-order valence-corrected chi connectivity index (χ4v) is 6.57. The van der Waals surface area contributed by atoms with E-state index < -0.39 is 34.9 Å². The Balaban J connectivity index is 1.77. The molecule has 0 amide bonds. The van der Waals surface area contributed by atoms with E-state index >= 15 is 0 Å². The normalized spacial score (nSPS) is 39.9. The minimum atomic E-state index is -0.664. The molecule has 0 N–H and O–H groups in total. The Morgan fingerprint density at radius 2 is 2.03 bits per heavy atom. The van der Waals surface area contributed by atoms with Crippen molar-refractivity contribution in [3.63, 3.8) is 0 Å². The molecular formula is C24H32O7. The molecule has 1 saturated heterocycles. The van der Waals surface area contributed by atoms with Gasteiger partial charge in [0.1, 0.15) is 12.2 Å². The Kier molecular flexibility index (Phi) is 5.75. The van der Waals surface area contributed by atoms with Crippen molar-refractivity contribution in [2.75, 3.05) is 13.7 Å². The molecule has 31 heavy (non-hydrogen) atoms. The number of methoxy groups -OCH3 is 1. The SMILES string of the molecule is CCCO[C@H]1C[C@@H](C(=O)OC)[C@]2(C)CC[C@H]3C(=O)O[C@H](c4ccoc4)C[C@]3(C)[C@H]2C1=O. The van der Waals surface area contributed by atoms with Crippen LogP contribution in [0, 0.1) is 28.6 Å². The van der Waals surface area contributed by atoms with Crippen molar-refractivity contribution >= 4 is 17.7 Å². The van der Waals surface area contributed by atoms with Crippen LogP contribution in [0.15, 0.2) is 23.0 Å². The molecule has 0 unspecified atom stereocenters. The Morgan fingerprint density at radius 3 is 2.68 bits per heavy atom. The molecule has 2 aliphatic carbocycles. The van der Waals surface area contributed by atoms with E-state index in [1.165, 1.54) is 7.11 Å². The van der Waals surface area contributed by atoms with Crippen molar-refractivity contribution in [1.29, 1.82) is 0 Å². The number of cyclic esters (lactones) is 1. The smallest absolute Gasteiger partial charge is 0.310 e. The van der Waals surface area contributed by atoms with E-state index in [1.54, 1.807) is 18.6 Å². The number of esters is 2. The maximum absolute atomic E-state index is 13.8. The van der Waals surface area contributed by atoms with E-state index in [0.29, 0.717) is 32.3 Å². The highest BCUT2D eigenvalue weighted by Gasteiger charge is 2.67. The lowest BCUT2D eigenvalue weighted by atomic mass is 9.43. The molecule has 0 bridgehead atoms. The second kappa shape index (κ2) is 8.08. The summed E-state index contributed by atoms with van der Waals surface area (Å²) in [5.41, 5.74) is -0.464. The van der Waals surface area contributed by atoms with Crippen LogP contribution in [0.4, 0.5) is 0 Å². The van der Waals surface area contributed by atoms with Gasteiger partial charge in [-0.1, -0.05) is 20.8 Å². The molecule has 0 spiro atoms. The summed E-state index contributed by atoms with van der Waals surface area (Å²) in [4.78, 5) is 39.7. The summed E-state index contributed by atoms with van der Waals surface area (Å²) >= 11 is 0. The number of ketones is 1. The minimum Gasteiger partial charge on any atom is -0.472 e. The van der Waals surface area contributed by atoms with Gasteiger partial charge in [-0.25, -0.2) is 0 Å². The highest BCUT2D eigenvalue weighted by atomic mass is 16.5. The molecular weight excluding hydrogens is 400 g/mol. The number of carbonyl (C=O) groups excluding carboxylic acids is 3. The van der Waals surface area contributed by atoms with Gasteiger partial charge in [0.2, 0.25) is 0 Å². The van der Waals surface area contributed by atoms with Crippen LogP contribution < -0.4 is 0 Å². The van der Waals surface area contributed by atoms with Gasteiger partial charge in [-0.2, -0.15) is 0 Å². The molecule has 7 nitrogen and oxygen atoms in total. The van der Waals surface area contributed by atoms with Crippen molar-refractivity contribution in [2.45, 2.75) is 65.1 Å². The van der Waals surface area contributed by atoms with Gasteiger partial charge in [-0.3, -0.25) is 14.4 Å². The predicted octanol–water partition coefficient (Wildman–Crippen LogP) is 3.86. The first-order chi connectivity index (χ1) is 14.8. The van der Waals surface area contributed by atoms with Crippen LogP contribution in [0.25, 0.3) is 0 Å². The zero-order valence-corrected chi connectivity index (χ0v) is 18.7. The van der Waals surface area contributed by atoms with Crippen molar-refractivity contribution in [2.24, 2.45) is 28.6 Å². The Hall–Kier alpha value is -2.15. The van der Waals surface area contributed by atoms with Crippen molar-refractivity contribution in [3.05, 3.63) is 24.2 Å². The summed E-state index contributed by atoms with van der Waals surface area (Å²) in [6, 6.07) is 1.79. The van der Waals surface area contributed by atoms with Crippen LogP contribution in [-0.4, -0.2) is 37.5 Å². The third-order valence-electron chi connectivity index (χ3n) is 8.03. The molecule has 0 radical (unpaired) electrons. The van der Waals surface area contributed by atoms with Crippen LogP contribution in [-0.2, 0) is 28.6 Å². The zero-order valence-electron chi connectivity index (χ0n) is 18.7. The standard InChI is InChI=1S/C24H32O7/c1-5-9-30-17-11-16(21(26)28-4)23(2)8-6-15-22(27)31-18(14-7-10-29-13-14)12-24(15,3)20(23)19(17)25/h7,10,13,15-18,20H,5-6,8-9,11-12H2,1-4H3/t15-,16-,17-,18-,20-,23-,24-/m0/s1. The third kappa shape index (κ3) is 3.41. The second-order valence-electron chi connectivity index (χ2n) is 9.80. The van der Waals surface area contributed by atoms with Crippen LogP contribution in [0.5, 0.6) is 0 Å². The lowest BCUT2D eigenvalue weighted by Gasteiger charge is -2.61. The van der Waals surface area contributed by atoms with Crippen LogP contribution in [0.3, 0.4) is 0 Å². The van der Waals surface area contributed by atoms with Gasteiger partial charge in [0.15, 0.2) is 5.78 Å². The lowest BCUT2D eigenvalue weighted by molar-refractivity contribution is -0.209. The molecule has 1 aliphatic heterocycles. The summed E-state index contributed by atoms with van der Waals surface area (Å²) in [6.45, 7) is 6.47. The topological polar surface area (TPSA) is 92.0 Å². The van der Waals surface area contributed by atoms with Crippen molar-refractivity contribution in [3.8, 4) is 0 Å². The largest absolute Gasteiger partial charge is 0.472 e. The first kappa shape index (κ1) is 22.1. The van der Waals surface area contributed by atoms with Gasteiger partial charge >= 0.3 is 11.9 Å². The third-order valence-corrected chi connectivity index (χ3v) is 8.03. The van der Waals surface area contributed by atoms with E-state index in [0.717, 1.165) is 12.0 Å². The van der Waals surface area contributed by atoms with E-state index in [2.05, 4.69) is 0 Å². The lowest BCUT2D eigenvalue weighted by Crippen LogP contribution is -2.64. The molecule has 7 atom stereocenters. The molecule has 2 heterocycles. The summed E-state index contributed by atoms with van der Waals surface area (Å²) in [5, 5.41) is 0. The second-order valence-corrected chi connectivity index (χ2v) is 9.80. The molecule has 3 fully saturated rings. The first-order valence-electron chi connectivity index (χ1n) is 11.2. The van der Waals surface area contributed by atoms with Gasteiger partial charge in [0.05, 0.1) is 31.5 Å². The Bertz CT molecular complexity index is 846. The summed E-state index contributed by atoms with van der Waals surface area (Å²) in [5.74, 6) is -1.92. The number of rotatable bonds is 5. The highest BCUT2D eigenvalue weighted by Crippen LogP contribution is 2.65. The van der Waals surface area contributed by atoms with Gasteiger partial charge in [0, 0.05) is 18.1 Å². The molecule has 7 heteroatoms. The number of hydrogen-bond donors (Lipinski definition) is 0. The minimum absolute atomic E-state index is 0.00365. The number of fused-ring (bicyclic) bond motifs is 3. The van der Waals surface area contributed by atoms with Crippen LogP contribution in [0.1, 0.15) is 64.5 Å². The van der Waals surface area contributed by atoms with Crippen molar-refractivity contribution in [1.82, 2.24) is 0 Å². The van der Waals surface area contributed by atoms with Crippen LogP contribution >= 0.6 is 0 Å². The molecule has 1 aromatic rings. The number of hydrogen-bond acceptors (Lipinski definition) is 7. The summed E-state index contributed by atoms with van der Waals surface area (Å²) in [7, 11) is 1.39. The predicted molar refractivity (Wildman–Crippen MR) is 110 cm³/mol. The fourth-order valence-electron chi connectivity index (χ4n) is 6.57. The monoisotopic (exact) mass is 432 g/mol. The van der Waals surface area contributed by atoms with Crippen molar-refractivity contribution < 1.29 is 33.0 Å². The maximum Gasteiger partial charge on any atom is 0.310 e. The summed E-state index contributed by atoms with van der Waals surface area (Å²) in [6.07, 6.45) is 4.78. The molecule has 2 saturated carbocycles. The Labute approximate surface area is 182 Å². The van der Waals surface area contributed by atoms with Gasteiger partial charge in [0.25, 0.3) is 0 Å². The number of furan rings is 1. The number of ether oxygens (including phenoxy) is 3. The maximum atomic E-state index is 13.8. The highest BCUT2D eigenvalue weighted by molar-refractivity contribution is 5.92. The first-order valence-corrected chi connectivity index (χ1v) is 11.2.